The quantitative estimate of drug-likeness (QED) is 0.0538. The van der Waals surface area contributed by atoms with Gasteiger partial charge in [-0.3, -0.25) is 0 Å². The summed E-state index contributed by atoms with van der Waals surface area (Å²) in [5.41, 5.74) is 9.45. The molecule has 20 nitrogen and oxygen atoms in total. The van der Waals surface area contributed by atoms with Gasteiger partial charge in [0.05, 0.1) is 22.8 Å². The van der Waals surface area contributed by atoms with Crippen LogP contribution in [-0.4, -0.2) is 107 Å². The second kappa shape index (κ2) is 37.4. The molecule has 560 valence electrons. The highest BCUT2D eigenvalue weighted by Gasteiger charge is 2.21. The minimum atomic E-state index is -2.65. The Bertz CT molecular complexity index is 4900. The molecule has 0 bridgehead atoms. The van der Waals surface area contributed by atoms with Crippen molar-refractivity contribution in [2.75, 3.05) is 46.6 Å². The third-order valence-electron chi connectivity index (χ3n) is 17.5. The fourth-order valence-electron chi connectivity index (χ4n) is 11.8. The molecule has 0 unspecified atom stereocenters. The molecule has 28 heteroatoms. The molecule has 14 rings (SSSR count). The average molecular weight is 1480 g/mol. The highest BCUT2D eigenvalue weighted by atomic mass is 19.3. The lowest BCUT2D eigenvalue weighted by molar-refractivity contribution is -0.117. The molecule has 0 atom stereocenters. The number of nitrogens with zero attached hydrogens (tertiary/aromatic N) is 16. The first-order valence-electron chi connectivity index (χ1n) is 35.6. The molecule has 0 radical (unpaired) electrons. The third-order valence-corrected chi connectivity index (χ3v) is 17.5. The SMILES string of the molecule is CC(=O)CCc1cc(Nc2ccc(C)cc2)nc(-n2ccc(C(F)F)n2)c1.CC(=O)CCc1cc(Nc2ccc(C)cc2)nc(-n2ccc(CF)n2)c1.FCc1ccn(-c2nc(Cc3ccc(F)cc3)cc(N3CCCCC3)n2)n1.Fc1ccc(Cc2cc(N3CCCCC3)nc(-n3ccc(C(F)F)n3)n2)cc1. The number of piperidine rings is 2. The van der Waals surface area contributed by atoms with Crippen molar-refractivity contribution in [2.45, 2.75) is 131 Å². The summed E-state index contributed by atoms with van der Waals surface area (Å²) in [5.74, 6) is 4.18. The number of alkyl halides is 6. The number of nitrogens with one attached hydrogen (secondary N) is 2. The summed E-state index contributed by atoms with van der Waals surface area (Å²) in [7, 11) is 0. The van der Waals surface area contributed by atoms with Crippen LogP contribution in [0.4, 0.5) is 69.8 Å². The summed E-state index contributed by atoms with van der Waals surface area (Å²) in [6.45, 7) is 9.62. The summed E-state index contributed by atoms with van der Waals surface area (Å²) in [5, 5.41) is 22.7. The lowest BCUT2D eigenvalue weighted by Gasteiger charge is -2.28. The van der Waals surface area contributed by atoms with Gasteiger partial charge in [-0.25, -0.2) is 73.8 Å². The molecule has 4 aromatic carbocycles. The number of ketones is 2. The highest BCUT2D eigenvalue weighted by Crippen LogP contribution is 2.28. The summed E-state index contributed by atoms with van der Waals surface area (Å²) in [6.07, 6.45) is 10.9. The lowest BCUT2D eigenvalue weighted by atomic mass is 10.1. The molecule has 2 aliphatic rings. The van der Waals surface area contributed by atoms with Gasteiger partial charge in [0.2, 0.25) is 0 Å². The number of Topliss-reactive ketones (excluding diaryl/α,β-unsaturated/α-hetero) is 2. The maximum atomic E-state index is 13.2. The Morgan fingerprint density at radius 2 is 0.769 bits per heavy atom. The minimum absolute atomic E-state index is 0.0838. The van der Waals surface area contributed by atoms with Gasteiger partial charge >= 0.3 is 0 Å². The molecule has 0 aliphatic carbocycles. The van der Waals surface area contributed by atoms with Crippen molar-refractivity contribution in [1.82, 2.24) is 69.0 Å². The van der Waals surface area contributed by atoms with Crippen molar-refractivity contribution < 1.29 is 44.7 Å². The van der Waals surface area contributed by atoms with Crippen LogP contribution in [0.1, 0.15) is 146 Å². The molecule has 0 spiro atoms. The van der Waals surface area contributed by atoms with Crippen LogP contribution in [0.15, 0.2) is 183 Å². The highest BCUT2D eigenvalue weighted by molar-refractivity contribution is 5.76. The molecule has 8 aromatic heterocycles. The van der Waals surface area contributed by atoms with E-state index in [0.717, 1.165) is 114 Å². The molecular weight excluding hydrogens is 1400 g/mol. The topological polar surface area (TPSA) is 213 Å². The van der Waals surface area contributed by atoms with Gasteiger partial charge in [-0.2, -0.15) is 30.4 Å². The predicted octanol–water partition coefficient (Wildman–Crippen LogP) is 17.3. The summed E-state index contributed by atoms with van der Waals surface area (Å²) < 4.78 is 109. The zero-order valence-electron chi connectivity index (χ0n) is 60.2. The number of aryl methyl sites for hydroxylation is 4. The molecule has 0 amide bonds. The van der Waals surface area contributed by atoms with Crippen LogP contribution in [0.25, 0.3) is 23.5 Å². The Morgan fingerprint density at radius 1 is 0.398 bits per heavy atom. The Hall–Kier alpha value is -11.8. The third kappa shape index (κ3) is 22.6. The van der Waals surface area contributed by atoms with E-state index in [9.17, 15) is 44.7 Å². The summed E-state index contributed by atoms with van der Waals surface area (Å²) in [4.78, 5) is 54.5. The van der Waals surface area contributed by atoms with Crippen LogP contribution < -0.4 is 20.4 Å². The Morgan fingerprint density at radius 3 is 1.16 bits per heavy atom. The normalized spacial score (nSPS) is 12.8. The summed E-state index contributed by atoms with van der Waals surface area (Å²) >= 11 is 0. The van der Waals surface area contributed by atoms with Gasteiger partial charge in [0.25, 0.3) is 24.7 Å². The monoisotopic (exact) mass is 1480 g/mol. The van der Waals surface area contributed by atoms with E-state index in [0.29, 0.717) is 79.1 Å². The number of hydrogen-bond donors (Lipinski definition) is 2. The minimum Gasteiger partial charge on any atom is -0.356 e. The second-order valence-corrected chi connectivity index (χ2v) is 26.3. The number of pyridine rings is 2. The zero-order chi connectivity index (χ0) is 76.1. The van der Waals surface area contributed by atoms with Gasteiger partial charge in [-0.15, -0.1) is 0 Å². The van der Waals surface area contributed by atoms with Gasteiger partial charge in [0.15, 0.2) is 11.6 Å². The van der Waals surface area contributed by atoms with Crippen LogP contribution in [0.3, 0.4) is 0 Å². The van der Waals surface area contributed by atoms with E-state index in [1.165, 1.54) is 88.2 Å². The number of carbonyl (C=O) groups excluding carboxylic acids is 2. The van der Waals surface area contributed by atoms with Gasteiger partial charge in [0, 0.05) is 100 Å². The van der Waals surface area contributed by atoms with Crippen LogP contribution in [0.5, 0.6) is 0 Å². The van der Waals surface area contributed by atoms with Gasteiger partial charge in [0.1, 0.15) is 71.2 Å². The first-order valence-corrected chi connectivity index (χ1v) is 35.6. The van der Waals surface area contributed by atoms with E-state index >= 15 is 0 Å². The average Bonchev–Trinajstić information content (AvgIpc) is 1.49. The fraction of sp³-hybridized carbons (Fsp3) is 0.300. The van der Waals surface area contributed by atoms with Crippen LogP contribution in [-0.2, 0) is 48.6 Å². The number of benzene rings is 4. The molecular formula is C80H82F8N18O2. The number of hydrogen-bond acceptors (Lipinski definition) is 16. The standard InChI is InChI=1S/C20H20F3N5.C20H21F2N5.C20H20F2N4O.C20H21FN4O/c21-15-6-4-14(5-7-15)12-16-13-18(27-9-2-1-3-10-27)25-20(24-16)28-11-8-17(26-28)19(22)23;21-14-17-8-11-27(25-17)20-23-18(12-15-4-6-16(22)7-5-15)13-19(24-20)26-9-2-1-3-10-26;1-13-3-7-16(8-4-13)23-18-11-15(6-5-14(2)27)12-19(24-18)26-10-9-17(25-26)20(21)22;1-14-3-7-17(8-4-14)22-19-11-16(6-5-15(2)26)12-20(23-19)25-10-9-18(13-21)24-25/h4-8,11,13,19H,1-3,9-10,12H2;4-8,11,13H,1-3,9-10,12,14H2;3-4,7-12,20H,5-6H2,1-2H3,(H,23,24);3-4,7-12H,5-6,13H2,1-2H3,(H,22,23). The van der Waals surface area contributed by atoms with E-state index in [1.54, 1.807) is 66.5 Å². The van der Waals surface area contributed by atoms with Crippen molar-refractivity contribution in [2.24, 2.45) is 0 Å². The molecule has 108 heavy (non-hydrogen) atoms. The number of halogens is 8. The van der Waals surface area contributed by atoms with Crippen molar-refractivity contribution in [3.63, 3.8) is 0 Å². The fourth-order valence-corrected chi connectivity index (χ4v) is 11.8. The van der Waals surface area contributed by atoms with Gasteiger partial charge in [-0.1, -0.05) is 59.7 Å². The predicted molar refractivity (Wildman–Crippen MR) is 398 cm³/mol. The molecule has 2 fully saturated rings. The van der Waals surface area contributed by atoms with Crippen molar-refractivity contribution in [3.05, 3.63) is 262 Å². The van der Waals surface area contributed by atoms with Gasteiger partial charge in [-0.05, 0) is 198 Å². The molecule has 2 saturated heterocycles. The van der Waals surface area contributed by atoms with Crippen molar-refractivity contribution >= 4 is 46.2 Å². The van der Waals surface area contributed by atoms with Crippen LogP contribution >= 0.6 is 0 Å². The van der Waals surface area contributed by atoms with E-state index in [-0.39, 0.29) is 40.5 Å². The molecule has 2 aliphatic heterocycles. The van der Waals surface area contributed by atoms with Gasteiger partial charge < -0.3 is 30.0 Å². The van der Waals surface area contributed by atoms with Crippen LogP contribution in [0, 0.1) is 25.5 Å². The number of anilines is 6. The first-order chi connectivity index (χ1) is 52.2. The van der Waals surface area contributed by atoms with E-state index < -0.39 is 26.2 Å². The van der Waals surface area contributed by atoms with Crippen molar-refractivity contribution in [3.8, 4) is 23.5 Å². The number of aromatic nitrogens is 14. The van der Waals surface area contributed by atoms with E-state index in [1.807, 2.05) is 92.7 Å². The first kappa shape index (κ1) is 77.3. The van der Waals surface area contributed by atoms with E-state index in [4.69, 9.17) is 0 Å². The molecule has 12 aromatic rings. The molecule has 0 saturated carbocycles. The Kier molecular flexibility index (Phi) is 26.8. The van der Waals surface area contributed by atoms with Crippen LogP contribution in [0.2, 0.25) is 0 Å². The number of rotatable bonds is 24. The smallest absolute Gasteiger partial charge is 0.282 e. The summed E-state index contributed by atoms with van der Waals surface area (Å²) in [6, 6.07) is 45.5. The lowest BCUT2D eigenvalue weighted by Crippen LogP contribution is -2.30. The molecule has 10 heterocycles. The van der Waals surface area contributed by atoms with Crippen molar-refractivity contribution in [1.29, 1.82) is 0 Å². The maximum absolute atomic E-state index is 13.2. The molecule has 2 N–H and O–H groups in total. The Balaban J connectivity index is 0.000000143. The zero-order valence-corrected chi connectivity index (χ0v) is 60.2. The Labute approximate surface area is 620 Å². The number of carbonyl (C=O) groups is 2. The maximum Gasteiger partial charge on any atom is 0.282 e. The second-order valence-electron chi connectivity index (χ2n) is 26.3. The van der Waals surface area contributed by atoms with E-state index in [2.05, 4.69) is 70.7 Å². The largest absolute Gasteiger partial charge is 0.356 e.